The van der Waals surface area contributed by atoms with Gasteiger partial charge in [0, 0.05) is 16.9 Å². The van der Waals surface area contributed by atoms with Crippen LogP contribution in [0.4, 0.5) is 16.2 Å². The smallest absolute Gasteiger partial charge is 0.323 e. The molecule has 2 heterocycles. The van der Waals surface area contributed by atoms with Crippen LogP contribution in [0.2, 0.25) is 0 Å². The van der Waals surface area contributed by atoms with Gasteiger partial charge >= 0.3 is 6.03 Å². The lowest BCUT2D eigenvalue weighted by atomic mass is 10.1. The molecule has 0 bridgehead atoms. The Kier molecular flexibility index (Phi) is 4.44. The number of aromatic hydroxyl groups is 1. The zero-order valence-electron chi connectivity index (χ0n) is 16.0. The Bertz CT molecular complexity index is 1360. The fourth-order valence-corrected chi connectivity index (χ4v) is 3.31. The maximum absolute atomic E-state index is 12.8. The van der Waals surface area contributed by atoms with Gasteiger partial charge in [-0.3, -0.25) is 4.79 Å². The molecule has 0 saturated carbocycles. The minimum absolute atomic E-state index is 0.0262. The van der Waals surface area contributed by atoms with E-state index in [1.54, 1.807) is 54.6 Å². The number of fused-ring (bicyclic) bond motifs is 2. The lowest BCUT2D eigenvalue weighted by Crippen LogP contribution is -2.19. The number of anilines is 2. The Morgan fingerprint density at radius 2 is 1.65 bits per heavy atom. The third kappa shape index (κ3) is 3.51. The number of carbonyl (C=O) groups excluding carboxylic acids is 1. The second kappa shape index (κ2) is 7.42. The number of para-hydroxylation sites is 1. The quantitative estimate of drug-likeness (QED) is 0.452. The summed E-state index contributed by atoms with van der Waals surface area (Å²) in [7, 11) is 0. The molecule has 3 aromatic carbocycles. The average Bonchev–Trinajstić information content (AvgIpc) is 3.25. The molecule has 0 aliphatic carbocycles. The Balaban J connectivity index is 1.46. The van der Waals surface area contributed by atoms with Gasteiger partial charge < -0.3 is 29.6 Å². The standard InChI is InChI=1S/C23H16N2O6/c26-20-16-11-15(25-23(28)24-14-4-2-1-3-5-14)7-9-17(16)31-22(21(20)27)13-6-8-18-19(10-13)30-12-29-18/h1-11,27H,12H2,(H2,24,25,28). The molecule has 0 atom stereocenters. The SMILES string of the molecule is O=C(Nc1ccccc1)Nc1ccc2oc(-c3ccc4c(c3)OCO4)c(O)c(=O)c2c1. The van der Waals surface area contributed by atoms with E-state index in [2.05, 4.69) is 10.6 Å². The number of carbonyl (C=O) groups is 1. The molecule has 0 radical (unpaired) electrons. The van der Waals surface area contributed by atoms with Crippen LogP contribution < -0.4 is 25.5 Å². The largest absolute Gasteiger partial charge is 0.502 e. The van der Waals surface area contributed by atoms with Gasteiger partial charge in [-0.1, -0.05) is 18.2 Å². The molecule has 5 rings (SSSR count). The summed E-state index contributed by atoms with van der Waals surface area (Å²) in [5.41, 5.74) is 1.14. The zero-order chi connectivity index (χ0) is 21.4. The third-order valence-electron chi connectivity index (χ3n) is 4.79. The van der Waals surface area contributed by atoms with Crippen LogP contribution >= 0.6 is 0 Å². The van der Waals surface area contributed by atoms with E-state index in [0.717, 1.165) is 0 Å². The predicted octanol–water partition coefficient (Wildman–Crippen LogP) is 4.54. The molecule has 8 heteroatoms. The molecule has 4 aromatic rings. The van der Waals surface area contributed by atoms with E-state index in [0.29, 0.717) is 28.4 Å². The van der Waals surface area contributed by atoms with Crippen molar-refractivity contribution in [3.8, 4) is 28.6 Å². The number of nitrogens with one attached hydrogen (secondary N) is 2. The van der Waals surface area contributed by atoms with Crippen molar-refractivity contribution in [2.45, 2.75) is 0 Å². The van der Waals surface area contributed by atoms with Gasteiger partial charge in [0.2, 0.25) is 18.0 Å². The minimum Gasteiger partial charge on any atom is -0.502 e. The molecule has 3 N–H and O–H groups in total. The minimum atomic E-state index is -0.610. The molecule has 8 nitrogen and oxygen atoms in total. The fourth-order valence-electron chi connectivity index (χ4n) is 3.31. The lowest BCUT2D eigenvalue weighted by Gasteiger charge is -2.10. The van der Waals surface area contributed by atoms with Crippen LogP contribution in [0, 0.1) is 0 Å². The van der Waals surface area contributed by atoms with Crippen molar-refractivity contribution in [2.75, 3.05) is 17.4 Å². The highest BCUT2D eigenvalue weighted by Crippen LogP contribution is 2.38. The molecule has 1 aliphatic rings. The van der Waals surface area contributed by atoms with Crippen molar-refractivity contribution in [1.29, 1.82) is 0 Å². The van der Waals surface area contributed by atoms with Gasteiger partial charge in [0.05, 0.1) is 5.39 Å². The monoisotopic (exact) mass is 416 g/mol. The van der Waals surface area contributed by atoms with Gasteiger partial charge in [0.25, 0.3) is 0 Å². The van der Waals surface area contributed by atoms with Crippen LogP contribution in [0.25, 0.3) is 22.3 Å². The molecule has 0 fully saturated rings. The van der Waals surface area contributed by atoms with Gasteiger partial charge in [-0.05, 0) is 48.5 Å². The summed E-state index contributed by atoms with van der Waals surface area (Å²) in [5, 5.41) is 16.0. The fraction of sp³-hybridized carbons (Fsp3) is 0.0435. The van der Waals surface area contributed by atoms with Gasteiger partial charge in [-0.2, -0.15) is 0 Å². The normalized spacial score (nSPS) is 12.0. The van der Waals surface area contributed by atoms with E-state index in [1.807, 2.05) is 6.07 Å². The number of rotatable bonds is 3. The molecule has 31 heavy (non-hydrogen) atoms. The van der Waals surface area contributed by atoms with Crippen LogP contribution in [0.1, 0.15) is 0 Å². The topological polar surface area (TPSA) is 110 Å². The molecule has 2 amide bonds. The maximum Gasteiger partial charge on any atom is 0.323 e. The number of hydrogen-bond acceptors (Lipinski definition) is 6. The first kappa shape index (κ1) is 18.6. The highest BCUT2D eigenvalue weighted by atomic mass is 16.7. The third-order valence-corrected chi connectivity index (χ3v) is 4.79. The van der Waals surface area contributed by atoms with Crippen LogP contribution in [0.5, 0.6) is 17.2 Å². The maximum atomic E-state index is 12.8. The van der Waals surface area contributed by atoms with E-state index in [-0.39, 0.29) is 23.5 Å². The van der Waals surface area contributed by atoms with Crippen molar-refractivity contribution in [2.24, 2.45) is 0 Å². The molecular formula is C23H16N2O6. The Morgan fingerprint density at radius 1 is 0.871 bits per heavy atom. The first-order valence-electron chi connectivity index (χ1n) is 9.41. The summed E-state index contributed by atoms with van der Waals surface area (Å²) in [6.45, 7) is 0.111. The van der Waals surface area contributed by atoms with E-state index < -0.39 is 17.2 Å². The van der Waals surface area contributed by atoms with Gasteiger partial charge in [0.1, 0.15) is 5.58 Å². The summed E-state index contributed by atoms with van der Waals surface area (Å²) in [6, 6.07) is 18.1. The lowest BCUT2D eigenvalue weighted by molar-refractivity contribution is 0.174. The molecule has 154 valence electrons. The summed E-state index contributed by atoms with van der Waals surface area (Å²) < 4.78 is 16.4. The van der Waals surface area contributed by atoms with Crippen LogP contribution in [-0.4, -0.2) is 17.9 Å². The van der Waals surface area contributed by atoms with Crippen LogP contribution in [-0.2, 0) is 0 Å². The second-order valence-electron chi connectivity index (χ2n) is 6.83. The molecule has 0 saturated heterocycles. The Morgan fingerprint density at radius 3 is 2.48 bits per heavy atom. The van der Waals surface area contributed by atoms with Gasteiger partial charge in [-0.25, -0.2) is 4.79 Å². The zero-order valence-corrected chi connectivity index (χ0v) is 16.0. The van der Waals surface area contributed by atoms with E-state index >= 15 is 0 Å². The van der Waals surface area contributed by atoms with Gasteiger partial charge in [0.15, 0.2) is 17.3 Å². The van der Waals surface area contributed by atoms with Crippen molar-refractivity contribution >= 4 is 28.4 Å². The molecule has 0 unspecified atom stereocenters. The van der Waals surface area contributed by atoms with E-state index in [9.17, 15) is 14.7 Å². The first-order valence-corrected chi connectivity index (χ1v) is 9.41. The summed E-state index contributed by atoms with van der Waals surface area (Å²) >= 11 is 0. The van der Waals surface area contributed by atoms with Crippen molar-refractivity contribution in [1.82, 2.24) is 0 Å². The molecule has 1 aromatic heterocycles. The number of amides is 2. The second-order valence-corrected chi connectivity index (χ2v) is 6.83. The highest BCUT2D eigenvalue weighted by Gasteiger charge is 2.20. The summed E-state index contributed by atoms with van der Waals surface area (Å²) in [6.07, 6.45) is 0. The number of urea groups is 1. The Labute approximate surface area is 175 Å². The summed E-state index contributed by atoms with van der Waals surface area (Å²) in [5.74, 6) is 0.579. The van der Waals surface area contributed by atoms with Crippen LogP contribution in [0.3, 0.4) is 0 Å². The first-order chi connectivity index (χ1) is 15.1. The van der Waals surface area contributed by atoms with Gasteiger partial charge in [-0.15, -0.1) is 0 Å². The van der Waals surface area contributed by atoms with E-state index in [4.69, 9.17) is 13.9 Å². The number of benzene rings is 3. The molecule has 0 spiro atoms. The van der Waals surface area contributed by atoms with Crippen molar-refractivity contribution in [3.05, 3.63) is 77.0 Å². The number of hydrogen-bond donors (Lipinski definition) is 3. The summed E-state index contributed by atoms with van der Waals surface area (Å²) in [4.78, 5) is 25.0. The molecule has 1 aliphatic heterocycles. The van der Waals surface area contributed by atoms with Crippen LogP contribution in [0.15, 0.2) is 75.9 Å². The van der Waals surface area contributed by atoms with Crippen molar-refractivity contribution in [3.63, 3.8) is 0 Å². The van der Waals surface area contributed by atoms with Crippen molar-refractivity contribution < 1.29 is 23.8 Å². The van der Waals surface area contributed by atoms with E-state index in [1.165, 1.54) is 6.07 Å². The average molecular weight is 416 g/mol. The molecular weight excluding hydrogens is 400 g/mol. The predicted molar refractivity (Wildman–Crippen MR) is 115 cm³/mol. The highest BCUT2D eigenvalue weighted by molar-refractivity contribution is 6.01. The Hall–Kier alpha value is -4.46. The number of ether oxygens (including phenoxy) is 2.